The van der Waals surface area contributed by atoms with Crippen molar-refractivity contribution in [3.05, 3.63) is 19.6 Å². The predicted molar refractivity (Wildman–Crippen MR) is 58.7 cm³/mol. The summed E-state index contributed by atoms with van der Waals surface area (Å²) in [6.45, 7) is 10.1. The van der Waals surface area contributed by atoms with Gasteiger partial charge in [-0.3, -0.25) is 4.79 Å². The van der Waals surface area contributed by atoms with Gasteiger partial charge < -0.3 is 4.74 Å². The van der Waals surface area contributed by atoms with E-state index in [9.17, 15) is 4.79 Å². The van der Waals surface area contributed by atoms with E-state index in [0.717, 1.165) is 19.3 Å². The largest absolute Gasteiger partial charge is 0.465 e. The van der Waals surface area contributed by atoms with Gasteiger partial charge in [-0.1, -0.05) is 25.8 Å². The van der Waals surface area contributed by atoms with Crippen molar-refractivity contribution >= 4 is 6.47 Å². The molecule has 0 saturated heterocycles. The first-order valence-corrected chi connectivity index (χ1v) is 5.23. The average Bonchev–Trinajstić information content (AvgIpc) is 2.13. The van der Waals surface area contributed by atoms with Gasteiger partial charge in [-0.25, -0.2) is 0 Å². The highest BCUT2D eigenvalue weighted by atomic mass is 16.5. The smallest absolute Gasteiger partial charge is 0.293 e. The van der Waals surface area contributed by atoms with Gasteiger partial charge in [-0.05, 0) is 32.1 Å². The first-order chi connectivity index (χ1) is 6.70. The Kier molecular flexibility index (Phi) is 8.30. The zero-order valence-corrected chi connectivity index (χ0v) is 9.08. The molecule has 0 bridgehead atoms. The van der Waals surface area contributed by atoms with Crippen LogP contribution in [0.1, 0.15) is 39.0 Å². The zero-order chi connectivity index (χ0) is 10.8. The molecule has 1 radical (unpaired) electrons. The van der Waals surface area contributed by atoms with Gasteiger partial charge in [-0.2, -0.15) is 0 Å². The van der Waals surface area contributed by atoms with Gasteiger partial charge >= 0.3 is 0 Å². The highest BCUT2D eigenvalue weighted by Crippen LogP contribution is 2.14. The second kappa shape index (κ2) is 8.79. The Balaban J connectivity index is 3.27. The van der Waals surface area contributed by atoms with Crippen molar-refractivity contribution < 1.29 is 9.53 Å². The summed E-state index contributed by atoms with van der Waals surface area (Å²) in [5.74, 6) is 0.711. The van der Waals surface area contributed by atoms with Gasteiger partial charge in [0.25, 0.3) is 6.47 Å². The molecule has 14 heavy (non-hydrogen) atoms. The summed E-state index contributed by atoms with van der Waals surface area (Å²) in [5.41, 5.74) is 0. The Morgan fingerprint density at radius 3 is 2.57 bits per heavy atom. The van der Waals surface area contributed by atoms with E-state index < -0.39 is 0 Å². The Morgan fingerprint density at radius 2 is 2.00 bits per heavy atom. The normalized spacial score (nSPS) is 14.4. The molecule has 0 rings (SSSR count). The van der Waals surface area contributed by atoms with Crippen LogP contribution < -0.4 is 0 Å². The minimum atomic E-state index is -0.179. The van der Waals surface area contributed by atoms with Crippen LogP contribution in [0, 0.1) is 12.8 Å². The summed E-state index contributed by atoms with van der Waals surface area (Å²) in [6.07, 6.45) is 7.18. The van der Waals surface area contributed by atoms with Crippen molar-refractivity contribution in [1.82, 2.24) is 0 Å². The summed E-state index contributed by atoms with van der Waals surface area (Å²) >= 11 is 0. The van der Waals surface area contributed by atoms with Crippen LogP contribution in [0.15, 0.2) is 12.7 Å². The number of hydrogen-bond donors (Lipinski definition) is 0. The van der Waals surface area contributed by atoms with Gasteiger partial charge in [0.05, 0.1) is 0 Å². The van der Waals surface area contributed by atoms with Gasteiger partial charge in [0, 0.05) is 0 Å². The molecule has 0 fully saturated rings. The summed E-state index contributed by atoms with van der Waals surface area (Å²) in [4.78, 5) is 9.97. The molecule has 0 aromatic heterocycles. The summed E-state index contributed by atoms with van der Waals surface area (Å²) in [7, 11) is 0. The number of carbonyl (C=O) groups is 1. The topological polar surface area (TPSA) is 26.3 Å². The molecule has 0 aliphatic heterocycles. The fourth-order valence-electron chi connectivity index (χ4n) is 1.41. The van der Waals surface area contributed by atoms with Gasteiger partial charge in [0.2, 0.25) is 0 Å². The molecule has 0 N–H and O–H groups in total. The molecule has 0 amide bonds. The molecule has 0 aromatic carbocycles. The molecular weight excluding hydrogens is 176 g/mol. The summed E-state index contributed by atoms with van der Waals surface area (Å²) < 4.78 is 4.69. The third-order valence-corrected chi connectivity index (χ3v) is 2.29. The van der Waals surface area contributed by atoms with Crippen LogP contribution in [0.5, 0.6) is 0 Å². The highest BCUT2D eigenvalue weighted by molar-refractivity contribution is 5.37. The van der Waals surface area contributed by atoms with Crippen molar-refractivity contribution in [3.8, 4) is 0 Å². The van der Waals surface area contributed by atoms with Crippen LogP contribution in [-0.2, 0) is 9.53 Å². The van der Waals surface area contributed by atoms with Crippen LogP contribution in [-0.4, -0.2) is 12.6 Å². The summed E-state index contributed by atoms with van der Waals surface area (Å²) in [5, 5.41) is 0. The minimum absolute atomic E-state index is 0.179. The summed E-state index contributed by atoms with van der Waals surface area (Å²) in [6, 6.07) is 0. The lowest BCUT2D eigenvalue weighted by Gasteiger charge is -2.10. The number of hydrogen-bond acceptors (Lipinski definition) is 2. The van der Waals surface area contributed by atoms with E-state index in [-0.39, 0.29) is 6.10 Å². The lowest BCUT2D eigenvalue weighted by atomic mass is 9.99. The predicted octanol–water partition coefficient (Wildman–Crippen LogP) is 3.13. The molecule has 0 saturated carbocycles. The van der Waals surface area contributed by atoms with E-state index in [2.05, 4.69) is 25.2 Å². The number of carbonyl (C=O) groups excluding carboxylic acids is 1. The van der Waals surface area contributed by atoms with Crippen LogP contribution >= 0.6 is 0 Å². The van der Waals surface area contributed by atoms with E-state index in [1.165, 1.54) is 12.8 Å². The van der Waals surface area contributed by atoms with Gasteiger partial charge in [-0.15, -0.1) is 6.58 Å². The Labute approximate surface area is 87.3 Å². The quantitative estimate of drug-likeness (QED) is 0.322. The second-order valence-corrected chi connectivity index (χ2v) is 3.77. The van der Waals surface area contributed by atoms with Gasteiger partial charge in [0.15, 0.2) is 0 Å². The Bertz CT molecular complexity index is 136. The van der Waals surface area contributed by atoms with Crippen molar-refractivity contribution in [2.45, 2.75) is 45.1 Å². The third kappa shape index (κ3) is 7.84. The lowest BCUT2D eigenvalue weighted by molar-refractivity contribution is -0.131. The molecule has 2 heteroatoms. The number of unbranched alkanes of at least 4 members (excludes halogenated alkanes) is 1. The standard InChI is InChI=1S/C12H21O2/c1-4-7-11(2)8-5-6-9-12(3)14-10-13/h4,10-12H,1,3,5-9H2,2H3/t11?,12-/m1/s1. The van der Waals surface area contributed by atoms with E-state index >= 15 is 0 Å². The maximum absolute atomic E-state index is 9.97. The molecule has 0 aliphatic rings. The minimum Gasteiger partial charge on any atom is -0.465 e. The highest BCUT2D eigenvalue weighted by Gasteiger charge is 2.03. The molecule has 2 atom stereocenters. The third-order valence-electron chi connectivity index (χ3n) is 2.29. The zero-order valence-electron chi connectivity index (χ0n) is 9.08. The lowest BCUT2D eigenvalue weighted by Crippen LogP contribution is -2.06. The monoisotopic (exact) mass is 197 g/mol. The van der Waals surface area contributed by atoms with Crippen LogP contribution in [0.4, 0.5) is 0 Å². The van der Waals surface area contributed by atoms with Crippen LogP contribution in [0.2, 0.25) is 0 Å². The fraction of sp³-hybridized carbons (Fsp3) is 0.667. The van der Waals surface area contributed by atoms with Crippen molar-refractivity contribution in [1.29, 1.82) is 0 Å². The Morgan fingerprint density at radius 1 is 1.36 bits per heavy atom. The number of ether oxygens (including phenoxy) is 1. The number of rotatable bonds is 9. The molecule has 0 spiro atoms. The van der Waals surface area contributed by atoms with E-state index in [4.69, 9.17) is 0 Å². The van der Waals surface area contributed by atoms with Crippen LogP contribution in [0.25, 0.3) is 0 Å². The van der Waals surface area contributed by atoms with Crippen molar-refractivity contribution in [2.75, 3.05) is 0 Å². The van der Waals surface area contributed by atoms with Crippen LogP contribution in [0.3, 0.4) is 0 Å². The fourth-order valence-corrected chi connectivity index (χ4v) is 1.41. The molecule has 1 unspecified atom stereocenters. The van der Waals surface area contributed by atoms with E-state index in [1.54, 1.807) is 0 Å². The van der Waals surface area contributed by atoms with Crippen molar-refractivity contribution in [2.24, 2.45) is 5.92 Å². The first kappa shape index (κ1) is 13.2. The molecule has 81 valence electrons. The van der Waals surface area contributed by atoms with Gasteiger partial charge in [0.1, 0.15) is 6.10 Å². The SMILES string of the molecule is [CH2][C@H](CCCCC(C)CC=C)OC=O. The molecule has 0 aromatic rings. The molecule has 0 heterocycles. The van der Waals surface area contributed by atoms with E-state index in [0.29, 0.717) is 12.4 Å². The Hall–Kier alpha value is -0.790. The average molecular weight is 197 g/mol. The molecule has 2 nitrogen and oxygen atoms in total. The first-order valence-electron chi connectivity index (χ1n) is 5.23. The van der Waals surface area contributed by atoms with E-state index in [1.807, 2.05) is 6.08 Å². The maximum Gasteiger partial charge on any atom is 0.293 e. The molecular formula is C12H21O2. The maximum atomic E-state index is 9.97. The van der Waals surface area contributed by atoms with Crippen molar-refractivity contribution in [3.63, 3.8) is 0 Å². The molecule has 0 aliphatic carbocycles. The second-order valence-electron chi connectivity index (χ2n) is 3.77. The number of allylic oxidation sites excluding steroid dienone is 1.